The first-order valence-corrected chi connectivity index (χ1v) is 8.10. The topological polar surface area (TPSA) is 28.1 Å². The van der Waals surface area contributed by atoms with E-state index in [1.807, 2.05) is 6.21 Å². The summed E-state index contributed by atoms with van der Waals surface area (Å²) in [5, 5.41) is 1.33. The lowest BCUT2D eigenvalue weighted by molar-refractivity contribution is 0.566. The Labute approximate surface area is 135 Å². The van der Waals surface area contributed by atoms with Gasteiger partial charge in [-0.15, -0.1) is 0 Å². The fourth-order valence-corrected chi connectivity index (χ4v) is 3.43. The predicted octanol–water partition coefficient (Wildman–Crippen LogP) is 5.11. The summed E-state index contributed by atoms with van der Waals surface area (Å²) in [4.78, 5) is 8.33. The summed E-state index contributed by atoms with van der Waals surface area (Å²) in [6.07, 6.45) is 5.17. The molecular weight excluding hydrogens is 287 g/mol. The fraction of sp³-hybridized carbons (Fsp3) is 0.250. The van der Waals surface area contributed by atoms with Crippen LogP contribution in [0.5, 0.6) is 0 Å². The number of nitrogens with one attached hydrogen (secondary N) is 1. The van der Waals surface area contributed by atoms with E-state index < -0.39 is 0 Å². The van der Waals surface area contributed by atoms with Crippen LogP contribution in [0.25, 0.3) is 10.9 Å². The van der Waals surface area contributed by atoms with Crippen LogP contribution in [-0.4, -0.2) is 11.2 Å². The van der Waals surface area contributed by atoms with E-state index in [-0.39, 0.29) is 11.9 Å². The molecular formula is C20H19FN2. The lowest BCUT2D eigenvalue weighted by atomic mass is 9.92. The summed E-state index contributed by atoms with van der Waals surface area (Å²) in [5.74, 6) is -0.215. The first-order chi connectivity index (χ1) is 11.2. The lowest BCUT2D eigenvalue weighted by Crippen LogP contribution is -2.07. The Morgan fingerprint density at radius 3 is 2.83 bits per heavy atom. The first kappa shape index (κ1) is 14.2. The number of rotatable bonds is 2. The van der Waals surface area contributed by atoms with Crippen molar-refractivity contribution >= 4 is 17.1 Å². The quantitative estimate of drug-likeness (QED) is 0.637. The molecule has 2 aromatic carbocycles. The molecule has 3 aromatic rings. The number of benzene rings is 2. The highest BCUT2D eigenvalue weighted by Gasteiger charge is 2.23. The SMILES string of the molecule is Cc1ccc2[nH]c3c(c2c1)CCC[C@H]3N=Cc1ccc(F)cc1. The van der Waals surface area contributed by atoms with Crippen molar-refractivity contribution in [1.29, 1.82) is 0 Å². The minimum atomic E-state index is -0.215. The number of aromatic nitrogens is 1. The van der Waals surface area contributed by atoms with Gasteiger partial charge in [0.2, 0.25) is 0 Å². The normalized spacial score (nSPS) is 17.7. The zero-order valence-electron chi connectivity index (χ0n) is 13.1. The molecule has 0 saturated carbocycles. The van der Waals surface area contributed by atoms with E-state index in [4.69, 9.17) is 4.99 Å². The molecule has 4 rings (SSSR count). The van der Waals surface area contributed by atoms with Crippen molar-refractivity contribution in [3.05, 3.63) is 70.7 Å². The molecule has 1 aliphatic carbocycles. The van der Waals surface area contributed by atoms with Gasteiger partial charge < -0.3 is 4.98 Å². The highest BCUT2D eigenvalue weighted by atomic mass is 19.1. The van der Waals surface area contributed by atoms with Crippen LogP contribution in [0.2, 0.25) is 0 Å². The second-order valence-electron chi connectivity index (χ2n) is 6.30. The van der Waals surface area contributed by atoms with Crippen molar-refractivity contribution in [3.8, 4) is 0 Å². The van der Waals surface area contributed by atoms with Gasteiger partial charge in [0.25, 0.3) is 0 Å². The number of aliphatic imine (C=N–C) groups is 1. The molecule has 23 heavy (non-hydrogen) atoms. The number of aryl methyl sites for hydroxylation is 2. The number of hydrogen-bond donors (Lipinski definition) is 1. The Morgan fingerprint density at radius 1 is 1.17 bits per heavy atom. The number of H-pyrrole nitrogens is 1. The molecule has 0 aliphatic heterocycles. The van der Waals surface area contributed by atoms with Crippen molar-refractivity contribution in [2.45, 2.75) is 32.2 Å². The molecule has 0 unspecified atom stereocenters. The maximum atomic E-state index is 13.0. The maximum absolute atomic E-state index is 13.0. The largest absolute Gasteiger partial charge is 0.356 e. The molecule has 0 fully saturated rings. The number of fused-ring (bicyclic) bond motifs is 3. The van der Waals surface area contributed by atoms with Gasteiger partial charge in [0.1, 0.15) is 5.82 Å². The average Bonchev–Trinajstić information content (AvgIpc) is 2.93. The van der Waals surface area contributed by atoms with Crippen LogP contribution in [0.4, 0.5) is 4.39 Å². The van der Waals surface area contributed by atoms with Gasteiger partial charge in [-0.25, -0.2) is 4.39 Å². The van der Waals surface area contributed by atoms with Crippen molar-refractivity contribution in [3.63, 3.8) is 0 Å². The minimum absolute atomic E-state index is 0.163. The highest BCUT2D eigenvalue weighted by molar-refractivity contribution is 5.86. The van der Waals surface area contributed by atoms with E-state index >= 15 is 0 Å². The fourth-order valence-electron chi connectivity index (χ4n) is 3.43. The van der Waals surface area contributed by atoms with Crippen LogP contribution in [0.1, 0.15) is 41.3 Å². The third kappa shape index (κ3) is 2.67. The Bertz CT molecular complexity index is 875. The van der Waals surface area contributed by atoms with Gasteiger partial charge in [-0.3, -0.25) is 4.99 Å². The van der Waals surface area contributed by atoms with E-state index in [1.54, 1.807) is 12.1 Å². The number of hydrogen-bond acceptors (Lipinski definition) is 1. The van der Waals surface area contributed by atoms with Crippen molar-refractivity contribution in [2.24, 2.45) is 4.99 Å². The summed E-state index contributed by atoms with van der Waals surface area (Å²) < 4.78 is 13.0. The summed E-state index contributed by atoms with van der Waals surface area (Å²) in [6.45, 7) is 2.13. The van der Waals surface area contributed by atoms with E-state index in [9.17, 15) is 4.39 Å². The van der Waals surface area contributed by atoms with Gasteiger partial charge in [-0.05, 0) is 61.6 Å². The summed E-state index contributed by atoms with van der Waals surface area (Å²) >= 11 is 0. The average molecular weight is 306 g/mol. The molecule has 116 valence electrons. The lowest BCUT2D eigenvalue weighted by Gasteiger charge is -2.19. The third-order valence-corrected chi connectivity index (χ3v) is 4.61. The molecule has 1 aliphatic rings. The van der Waals surface area contributed by atoms with E-state index in [0.29, 0.717) is 0 Å². The van der Waals surface area contributed by atoms with Crippen LogP contribution in [0.3, 0.4) is 0 Å². The van der Waals surface area contributed by atoms with Gasteiger partial charge >= 0.3 is 0 Å². The molecule has 0 radical (unpaired) electrons. The Balaban J connectivity index is 1.70. The zero-order chi connectivity index (χ0) is 15.8. The Kier molecular flexibility index (Phi) is 3.49. The molecule has 1 aromatic heterocycles. The van der Waals surface area contributed by atoms with Gasteiger partial charge in [0.05, 0.1) is 6.04 Å². The maximum Gasteiger partial charge on any atom is 0.123 e. The van der Waals surface area contributed by atoms with Crippen molar-refractivity contribution in [2.75, 3.05) is 0 Å². The molecule has 1 atom stereocenters. The number of aromatic amines is 1. The molecule has 0 bridgehead atoms. The Morgan fingerprint density at radius 2 is 2.00 bits per heavy atom. The van der Waals surface area contributed by atoms with E-state index in [0.717, 1.165) is 24.8 Å². The molecule has 1 N–H and O–H groups in total. The van der Waals surface area contributed by atoms with Crippen molar-refractivity contribution < 1.29 is 4.39 Å². The first-order valence-electron chi connectivity index (χ1n) is 8.10. The van der Waals surface area contributed by atoms with E-state index in [1.165, 1.54) is 39.9 Å². The third-order valence-electron chi connectivity index (χ3n) is 4.61. The smallest absolute Gasteiger partial charge is 0.123 e. The summed E-state index contributed by atoms with van der Waals surface area (Å²) in [6, 6.07) is 13.2. The second-order valence-corrected chi connectivity index (χ2v) is 6.30. The monoisotopic (exact) mass is 306 g/mol. The standard InChI is InChI=1S/C20H19FN2/c1-13-5-10-18-17(11-13)16-3-2-4-19(20(16)23-18)22-12-14-6-8-15(21)9-7-14/h5-12,19,23H,2-4H2,1H3/t19-/m1/s1. The van der Waals surface area contributed by atoms with Gasteiger partial charge in [-0.2, -0.15) is 0 Å². The molecule has 0 saturated heterocycles. The number of nitrogens with zero attached hydrogens (tertiary/aromatic N) is 1. The molecule has 1 heterocycles. The second kappa shape index (κ2) is 5.65. The summed E-state index contributed by atoms with van der Waals surface area (Å²) in [7, 11) is 0. The summed E-state index contributed by atoms with van der Waals surface area (Å²) in [5.41, 5.74) is 6.08. The van der Waals surface area contributed by atoms with Gasteiger partial charge in [0.15, 0.2) is 0 Å². The van der Waals surface area contributed by atoms with Crippen LogP contribution >= 0.6 is 0 Å². The van der Waals surface area contributed by atoms with Crippen LogP contribution in [0, 0.1) is 12.7 Å². The highest BCUT2D eigenvalue weighted by Crippen LogP contribution is 2.37. The van der Waals surface area contributed by atoms with Crippen LogP contribution < -0.4 is 0 Å². The van der Waals surface area contributed by atoms with Crippen LogP contribution in [0.15, 0.2) is 47.5 Å². The molecule has 3 heteroatoms. The van der Waals surface area contributed by atoms with Crippen LogP contribution in [-0.2, 0) is 6.42 Å². The predicted molar refractivity (Wildman–Crippen MR) is 92.7 cm³/mol. The van der Waals surface area contributed by atoms with Gasteiger partial charge in [-0.1, -0.05) is 23.8 Å². The minimum Gasteiger partial charge on any atom is -0.356 e. The molecule has 2 nitrogen and oxygen atoms in total. The molecule has 0 spiro atoms. The van der Waals surface area contributed by atoms with E-state index in [2.05, 4.69) is 30.1 Å². The molecule has 0 amide bonds. The van der Waals surface area contributed by atoms with Gasteiger partial charge in [0, 0.05) is 22.8 Å². The zero-order valence-corrected chi connectivity index (χ0v) is 13.1. The number of halogens is 1. The van der Waals surface area contributed by atoms with Crippen molar-refractivity contribution in [1.82, 2.24) is 4.98 Å². The Hall–Kier alpha value is -2.42.